The van der Waals surface area contributed by atoms with Gasteiger partial charge in [0.1, 0.15) is 23.5 Å². The van der Waals surface area contributed by atoms with Gasteiger partial charge in [-0.15, -0.1) is 0 Å². The van der Waals surface area contributed by atoms with Gasteiger partial charge in [0, 0.05) is 32.1 Å². The molecule has 0 aromatic heterocycles. The number of nitrogens with one attached hydrogen (secondary N) is 1. The highest BCUT2D eigenvalue weighted by atomic mass is 16.6. The fraction of sp³-hybridized carbons (Fsp3) is 0.826. The SMILES string of the molecule is COC(=O)[C@H](C[C@@H]1CCCC1=O)NC(=O)C1CC2(CCOCC2)CN1C(=O)OC(C)(C)C. The monoisotopic (exact) mass is 452 g/mol. The lowest BCUT2D eigenvalue weighted by Crippen LogP contribution is -2.52. The van der Waals surface area contributed by atoms with E-state index in [4.69, 9.17) is 14.2 Å². The average Bonchev–Trinajstić information content (AvgIpc) is 3.30. The molecule has 3 fully saturated rings. The number of carbonyl (C=O) groups excluding carboxylic acids is 4. The number of rotatable bonds is 5. The van der Waals surface area contributed by atoms with E-state index in [2.05, 4.69) is 5.32 Å². The number of amides is 2. The van der Waals surface area contributed by atoms with Crippen molar-refractivity contribution in [3.63, 3.8) is 0 Å². The van der Waals surface area contributed by atoms with E-state index in [0.717, 1.165) is 19.3 Å². The largest absolute Gasteiger partial charge is 0.467 e. The molecule has 1 saturated carbocycles. The predicted octanol–water partition coefficient (Wildman–Crippen LogP) is 2.21. The standard InChI is InChI=1S/C23H36N2O7/c1-22(2,3)32-21(29)25-14-23(8-10-31-11-9-23)13-17(25)19(27)24-16(20(28)30-4)12-15-6-5-7-18(15)26/h15-17H,5-14H2,1-4H3,(H,24,27)/t15-,16-,17?/m0/s1. The lowest BCUT2D eigenvalue weighted by Gasteiger charge is -2.33. The van der Waals surface area contributed by atoms with Crippen LogP contribution in [0.4, 0.5) is 4.79 Å². The zero-order chi connectivity index (χ0) is 23.5. The Morgan fingerprint density at radius 3 is 2.50 bits per heavy atom. The van der Waals surface area contributed by atoms with E-state index in [9.17, 15) is 19.2 Å². The van der Waals surface area contributed by atoms with Gasteiger partial charge in [0.25, 0.3) is 0 Å². The molecular formula is C23H36N2O7. The number of methoxy groups -OCH3 is 1. The maximum atomic E-state index is 13.4. The van der Waals surface area contributed by atoms with Crippen molar-refractivity contribution in [2.45, 2.75) is 83.4 Å². The predicted molar refractivity (Wildman–Crippen MR) is 115 cm³/mol. The van der Waals surface area contributed by atoms with Crippen molar-refractivity contribution < 1.29 is 33.4 Å². The molecule has 2 aliphatic heterocycles. The quantitative estimate of drug-likeness (QED) is 0.637. The zero-order valence-corrected chi connectivity index (χ0v) is 19.6. The molecule has 1 spiro atoms. The van der Waals surface area contributed by atoms with Gasteiger partial charge in [-0.25, -0.2) is 9.59 Å². The van der Waals surface area contributed by atoms with Crippen LogP contribution in [0.25, 0.3) is 0 Å². The number of Topliss-reactive ketones (excluding diaryl/α,β-unsaturated/α-hetero) is 1. The molecule has 32 heavy (non-hydrogen) atoms. The molecule has 1 N–H and O–H groups in total. The number of carbonyl (C=O) groups is 4. The molecule has 2 amide bonds. The van der Waals surface area contributed by atoms with Gasteiger partial charge >= 0.3 is 12.1 Å². The van der Waals surface area contributed by atoms with Crippen LogP contribution in [0.1, 0.15) is 65.7 Å². The summed E-state index contributed by atoms with van der Waals surface area (Å²) in [5.41, 5.74) is -0.903. The van der Waals surface area contributed by atoms with Crippen molar-refractivity contribution in [2.75, 3.05) is 26.9 Å². The van der Waals surface area contributed by atoms with Crippen molar-refractivity contribution >= 4 is 23.8 Å². The van der Waals surface area contributed by atoms with Crippen molar-refractivity contribution in [1.29, 1.82) is 0 Å². The summed E-state index contributed by atoms with van der Waals surface area (Å²) in [6.07, 6.45) is 3.69. The molecule has 2 saturated heterocycles. The van der Waals surface area contributed by atoms with E-state index in [1.165, 1.54) is 12.0 Å². The molecule has 0 bridgehead atoms. The molecule has 180 valence electrons. The fourth-order valence-electron chi connectivity index (χ4n) is 5.02. The third-order valence-electron chi connectivity index (χ3n) is 6.75. The second-order valence-electron chi connectivity index (χ2n) is 10.3. The Labute approximate surface area is 189 Å². The van der Waals surface area contributed by atoms with Gasteiger partial charge in [0.15, 0.2) is 0 Å². The normalized spacial score (nSPS) is 26.1. The number of nitrogens with zero attached hydrogens (tertiary/aromatic N) is 1. The highest BCUT2D eigenvalue weighted by Crippen LogP contribution is 2.43. The third-order valence-corrected chi connectivity index (χ3v) is 6.75. The molecule has 0 aromatic rings. The molecule has 3 atom stereocenters. The lowest BCUT2D eigenvalue weighted by molar-refractivity contribution is -0.146. The zero-order valence-electron chi connectivity index (χ0n) is 19.6. The minimum atomic E-state index is -0.925. The molecule has 9 nitrogen and oxygen atoms in total. The van der Waals surface area contributed by atoms with Crippen LogP contribution in [-0.4, -0.2) is 73.2 Å². The maximum absolute atomic E-state index is 13.4. The Hall–Kier alpha value is -2.16. The molecule has 1 unspecified atom stereocenters. The summed E-state index contributed by atoms with van der Waals surface area (Å²) in [6.45, 7) is 6.94. The van der Waals surface area contributed by atoms with Crippen molar-refractivity contribution in [2.24, 2.45) is 11.3 Å². The molecule has 3 rings (SSSR count). The van der Waals surface area contributed by atoms with E-state index < -0.39 is 35.7 Å². The van der Waals surface area contributed by atoms with E-state index in [1.807, 2.05) is 0 Å². The number of ketones is 1. The van der Waals surface area contributed by atoms with Gasteiger partial charge < -0.3 is 19.5 Å². The molecule has 0 aromatic carbocycles. The number of hydrogen-bond acceptors (Lipinski definition) is 7. The highest BCUT2D eigenvalue weighted by Gasteiger charge is 2.50. The summed E-state index contributed by atoms with van der Waals surface area (Å²) < 4.78 is 16.0. The first-order chi connectivity index (χ1) is 15.0. The Bertz CT molecular complexity index is 739. The average molecular weight is 453 g/mol. The van der Waals surface area contributed by atoms with Crippen LogP contribution in [0.5, 0.6) is 0 Å². The molecule has 1 aliphatic carbocycles. The first-order valence-corrected chi connectivity index (χ1v) is 11.5. The van der Waals surface area contributed by atoms with Crippen LogP contribution < -0.4 is 5.32 Å². The summed E-state index contributed by atoms with van der Waals surface area (Å²) in [5.74, 6) is -1.14. The number of esters is 1. The number of likely N-dealkylation sites (tertiary alicyclic amines) is 1. The Morgan fingerprint density at radius 1 is 1.25 bits per heavy atom. The van der Waals surface area contributed by atoms with Crippen LogP contribution in [0.3, 0.4) is 0 Å². The summed E-state index contributed by atoms with van der Waals surface area (Å²) in [4.78, 5) is 52.3. The van der Waals surface area contributed by atoms with E-state index in [1.54, 1.807) is 20.8 Å². The van der Waals surface area contributed by atoms with Gasteiger partial charge in [0.05, 0.1) is 7.11 Å². The van der Waals surface area contributed by atoms with Crippen LogP contribution >= 0.6 is 0 Å². The van der Waals surface area contributed by atoms with Gasteiger partial charge in [-0.3, -0.25) is 14.5 Å². The highest BCUT2D eigenvalue weighted by molar-refractivity contribution is 5.91. The number of hydrogen-bond donors (Lipinski definition) is 1. The van der Waals surface area contributed by atoms with Crippen molar-refractivity contribution in [3.8, 4) is 0 Å². The molecule has 0 radical (unpaired) electrons. The topological polar surface area (TPSA) is 111 Å². The van der Waals surface area contributed by atoms with Gasteiger partial charge in [-0.05, 0) is 64.7 Å². The third kappa shape index (κ3) is 5.79. The first-order valence-electron chi connectivity index (χ1n) is 11.5. The Balaban J connectivity index is 1.76. The van der Waals surface area contributed by atoms with E-state index in [-0.39, 0.29) is 23.5 Å². The first kappa shape index (κ1) is 24.5. The van der Waals surface area contributed by atoms with Crippen molar-refractivity contribution in [1.82, 2.24) is 10.2 Å². The second-order valence-corrected chi connectivity index (χ2v) is 10.3. The summed E-state index contributed by atoms with van der Waals surface area (Å²) in [7, 11) is 1.26. The van der Waals surface area contributed by atoms with Gasteiger partial charge in [-0.1, -0.05) is 0 Å². The van der Waals surface area contributed by atoms with Crippen molar-refractivity contribution in [3.05, 3.63) is 0 Å². The molecule has 9 heteroatoms. The van der Waals surface area contributed by atoms with E-state index >= 15 is 0 Å². The van der Waals surface area contributed by atoms with Crippen LogP contribution in [-0.2, 0) is 28.6 Å². The summed E-state index contributed by atoms with van der Waals surface area (Å²) in [6, 6.07) is -1.68. The molecular weight excluding hydrogens is 416 g/mol. The lowest BCUT2D eigenvalue weighted by atomic mass is 9.78. The van der Waals surface area contributed by atoms with E-state index in [0.29, 0.717) is 39.0 Å². The van der Waals surface area contributed by atoms with Gasteiger partial charge in [-0.2, -0.15) is 0 Å². The second kappa shape index (κ2) is 9.77. The summed E-state index contributed by atoms with van der Waals surface area (Å²) in [5, 5.41) is 2.78. The molecule has 3 aliphatic rings. The molecule has 2 heterocycles. The number of ether oxygens (including phenoxy) is 3. The Kier molecular flexibility index (Phi) is 7.47. The van der Waals surface area contributed by atoms with Crippen LogP contribution in [0.2, 0.25) is 0 Å². The summed E-state index contributed by atoms with van der Waals surface area (Å²) >= 11 is 0. The van der Waals surface area contributed by atoms with Gasteiger partial charge in [0.2, 0.25) is 5.91 Å². The minimum absolute atomic E-state index is 0.116. The smallest absolute Gasteiger partial charge is 0.410 e. The fourth-order valence-corrected chi connectivity index (χ4v) is 5.02. The minimum Gasteiger partial charge on any atom is -0.467 e. The maximum Gasteiger partial charge on any atom is 0.410 e. The van der Waals surface area contributed by atoms with Crippen LogP contribution in [0.15, 0.2) is 0 Å². The Morgan fingerprint density at radius 2 is 1.94 bits per heavy atom. The van der Waals surface area contributed by atoms with Crippen LogP contribution in [0, 0.1) is 11.3 Å².